The average molecular weight is 381 g/mol. The average Bonchev–Trinajstić information content (AvgIpc) is 2.70. The van der Waals surface area contributed by atoms with Gasteiger partial charge in [-0.15, -0.1) is 0 Å². The van der Waals surface area contributed by atoms with Crippen molar-refractivity contribution in [3.8, 4) is 0 Å². The molecule has 28 heavy (non-hydrogen) atoms. The molecule has 2 aromatic rings. The normalized spacial score (nSPS) is 14.8. The minimum absolute atomic E-state index is 0.0323. The van der Waals surface area contributed by atoms with Gasteiger partial charge in [0.05, 0.1) is 26.2 Å². The van der Waals surface area contributed by atoms with Crippen molar-refractivity contribution < 1.29 is 14.5 Å². The third-order valence-corrected chi connectivity index (χ3v) is 5.59. The number of benzene rings is 2. The van der Waals surface area contributed by atoms with Crippen LogP contribution in [0, 0.1) is 13.8 Å². The Morgan fingerprint density at radius 1 is 1.04 bits per heavy atom. The number of rotatable bonds is 5. The number of carbonyl (C=O) groups is 2. The number of piperazine rings is 1. The smallest absolute Gasteiger partial charge is 0.279 e. The fourth-order valence-corrected chi connectivity index (χ4v) is 3.63. The van der Waals surface area contributed by atoms with Gasteiger partial charge in [0.15, 0.2) is 6.54 Å². The number of para-hydroxylation sites is 1. The summed E-state index contributed by atoms with van der Waals surface area (Å²) in [6.07, 6.45) is 0.891. The largest absolute Gasteiger partial charge is 0.327 e. The van der Waals surface area contributed by atoms with Crippen LogP contribution in [-0.2, 0) is 11.2 Å². The first kappa shape index (κ1) is 20.1. The molecule has 0 aromatic heterocycles. The lowest BCUT2D eigenvalue weighted by molar-refractivity contribution is -0.895. The van der Waals surface area contributed by atoms with Crippen molar-refractivity contribution in [3.05, 3.63) is 64.7 Å². The van der Waals surface area contributed by atoms with Gasteiger partial charge in [0.2, 0.25) is 0 Å². The molecule has 0 radical (unpaired) electrons. The predicted molar refractivity (Wildman–Crippen MR) is 112 cm³/mol. The van der Waals surface area contributed by atoms with Crippen LogP contribution in [0.2, 0.25) is 0 Å². The standard InChI is InChI=1S/C23H29N3O2/c1-4-19-7-5-6-8-21(19)24-22(27)16-25-11-13-26(14-12-25)23(28)20-10-9-17(2)18(3)15-20/h5-10,15H,4,11-14,16H2,1-3H3,(H,24,27)/p+1. The highest BCUT2D eigenvalue weighted by molar-refractivity contribution is 5.94. The summed E-state index contributed by atoms with van der Waals surface area (Å²) in [7, 11) is 0. The molecule has 0 saturated carbocycles. The number of hydrogen-bond acceptors (Lipinski definition) is 2. The van der Waals surface area contributed by atoms with Crippen LogP contribution in [0.25, 0.3) is 0 Å². The van der Waals surface area contributed by atoms with Gasteiger partial charge >= 0.3 is 0 Å². The molecule has 0 aliphatic carbocycles. The molecular formula is C23H30N3O2+. The number of quaternary nitrogens is 1. The SMILES string of the molecule is CCc1ccccc1NC(=O)C[NH+]1CCN(C(=O)c2ccc(C)c(C)c2)CC1. The molecule has 148 valence electrons. The van der Waals surface area contributed by atoms with Crippen LogP contribution in [0.4, 0.5) is 5.69 Å². The van der Waals surface area contributed by atoms with Crippen molar-refractivity contribution in [2.24, 2.45) is 0 Å². The Balaban J connectivity index is 1.51. The van der Waals surface area contributed by atoms with E-state index in [-0.39, 0.29) is 11.8 Å². The summed E-state index contributed by atoms with van der Waals surface area (Å²) in [4.78, 5) is 28.3. The maximum absolute atomic E-state index is 12.7. The lowest BCUT2D eigenvalue weighted by atomic mass is 10.1. The Hall–Kier alpha value is -2.66. The topological polar surface area (TPSA) is 53.9 Å². The summed E-state index contributed by atoms with van der Waals surface area (Å²) < 4.78 is 0. The first-order valence-electron chi connectivity index (χ1n) is 10.1. The number of hydrogen-bond donors (Lipinski definition) is 2. The molecule has 0 atom stereocenters. The number of carbonyl (C=O) groups excluding carboxylic acids is 2. The van der Waals surface area contributed by atoms with Gasteiger partial charge in [0.25, 0.3) is 11.8 Å². The second-order valence-corrected chi connectivity index (χ2v) is 7.58. The van der Waals surface area contributed by atoms with Crippen LogP contribution >= 0.6 is 0 Å². The first-order valence-corrected chi connectivity index (χ1v) is 10.1. The van der Waals surface area contributed by atoms with Crippen molar-refractivity contribution in [2.75, 3.05) is 38.0 Å². The number of aryl methyl sites for hydroxylation is 3. The lowest BCUT2D eigenvalue weighted by Crippen LogP contribution is -3.15. The number of nitrogens with zero attached hydrogens (tertiary/aromatic N) is 1. The van der Waals surface area contributed by atoms with E-state index in [0.717, 1.165) is 41.9 Å². The number of nitrogens with one attached hydrogen (secondary N) is 2. The number of anilines is 1. The molecule has 0 unspecified atom stereocenters. The van der Waals surface area contributed by atoms with E-state index in [4.69, 9.17) is 0 Å². The van der Waals surface area contributed by atoms with E-state index in [1.165, 1.54) is 10.5 Å². The van der Waals surface area contributed by atoms with E-state index in [1.807, 2.05) is 54.3 Å². The van der Waals surface area contributed by atoms with Gasteiger partial charge in [0, 0.05) is 11.3 Å². The van der Waals surface area contributed by atoms with Gasteiger partial charge < -0.3 is 15.1 Å². The molecule has 3 rings (SSSR count). The maximum Gasteiger partial charge on any atom is 0.279 e. The van der Waals surface area contributed by atoms with Crippen molar-refractivity contribution in [1.82, 2.24) is 4.90 Å². The minimum Gasteiger partial charge on any atom is -0.327 e. The fraction of sp³-hybridized carbons (Fsp3) is 0.391. The van der Waals surface area contributed by atoms with Gasteiger partial charge in [-0.25, -0.2) is 0 Å². The van der Waals surface area contributed by atoms with Crippen LogP contribution in [0.1, 0.15) is 34.0 Å². The van der Waals surface area contributed by atoms with E-state index < -0.39 is 0 Å². The zero-order chi connectivity index (χ0) is 20.1. The molecular weight excluding hydrogens is 350 g/mol. The van der Waals surface area contributed by atoms with E-state index in [0.29, 0.717) is 19.6 Å². The Labute approximate surface area is 167 Å². The molecule has 1 aliphatic heterocycles. The van der Waals surface area contributed by atoms with Crippen LogP contribution in [0.15, 0.2) is 42.5 Å². The first-order chi connectivity index (χ1) is 13.5. The molecule has 2 amide bonds. The molecule has 5 heteroatoms. The Kier molecular flexibility index (Phi) is 6.47. The van der Waals surface area contributed by atoms with Crippen molar-refractivity contribution >= 4 is 17.5 Å². The van der Waals surface area contributed by atoms with E-state index in [2.05, 4.69) is 19.2 Å². The molecule has 0 spiro atoms. The summed E-state index contributed by atoms with van der Waals surface area (Å²) in [6, 6.07) is 13.8. The minimum atomic E-state index is 0.0323. The summed E-state index contributed by atoms with van der Waals surface area (Å²) >= 11 is 0. The van der Waals surface area contributed by atoms with Crippen LogP contribution in [0.3, 0.4) is 0 Å². The third-order valence-electron chi connectivity index (χ3n) is 5.59. The molecule has 1 fully saturated rings. The molecule has 2 N–H and O–H groups in total. The Bertz CT molecular complexity index is 855. The highest BCUT2D eigenvalue weighted by atomic mass is 16.2. The number of amides is 2. The van der Waals surface area contributed by atoms with Crippen LogP contribution in [-0.4, -0.2) is 49.4 Å². The van der Waals surface area contributed by atoms with Gasteiger partial charge in [-0.05, 0) is 55.2 Å². The van der Waals surface area contributed by atoms with Crippen molar-refractivity contribution in [3.63, 3.8) is 0 Å². The third kappa shape index (κ3) is 4.78. The molecule has 1 saturated heterocycles. The Morgan fingerprint density at radius 2 is 1.75 bits per heavy atom. The van der Waals surface area contributed by atoms with Gasteiger partial charge in [-0.3, -0.25) is 9.59 Å². The van der Waals surface area contributed by atoms with Crippen molar-refractivity contribution in [1.29, 1.82) is 0 Å². The maximum atomic E-state index is 12.7. The summed E-state index contributed by atoms with van der Waals surface area (Å²) in [6.45, 7) is 9.55. The van der Waals surface area contributed by atoms with Crippen molar-refractivity contribution in [2.45, 2.75) is 27.2 Å². The predicted octanol–water partition coefficient (Wildman–Crippen LogP) is 1.85. The second-order valence-electron chi connectivity index (χ2n) is 7.58. The highest BCUT2D eigenvalue weighted by Gasteiger charge is 2.26. The molecule has 1 aliphatic rings. The Morgan fingerprint density at radius 3 is 2.43 bits per heavy atom. The van der Waals surface area contributed by atoms with Crippen LogP contribution in [0.5, 0.6) is 0 Å². The van der Waals surface area contributed by atoms with Gasteiger partial charge in [-0.2, -0.15) is 0 Å². The van der Waals surface area contributed by atoms with E-state index in [1.54, 1.807) is 0 Å². The highest BCUT2D eigenvalue weighted by Crippen LogP contribution is 2.15. The fourth-order valence-electron chi connectivity index (χ4n) is 3.63. The lowest BCUT2D eigenvalue weighted by Gasteiger charge is -2.32. The summed E-state index contributed by atoms with van der Waals surface area (Å²) in [5.41, 5.74) is 5.13. The van der Waals surface area contributed by atoms with Gasteiger partial charge in [-0.1, -0.05) is 31.2 Å². The quantitative estimate of drug-likeness (QED) is 0.832. The van der Waals surface area contributed by atoms with Crippen LogP contribution < -0.4 is 10.2 Å². The zero-order valence-corrected chi connectivity index (χ0v) is 17.0. The second kappa shape index (κ2) is 9.02. The van der Waals surface area contributed by atoms with E-state index in [9.17, 15) is 9.59 Å². The zero-order valence-electron chi connectivity index (χ0n) is 17.0. The molecule has 1 heterocycles. The van der Waals surface area contributed by atoms with Gasteiger partial charge in [0.1, 0.15) is 0 Å². The molecule has 0 bridgehead atoms. The summed E-state index contributed by atoms with van der Waals surface area (Å²) in [5.74, 6) is 0.119. The summed E-state index contributed by atoms with van der Waals surface area (Å²) in [5, 5.41) is 3.04. The molecule has 2 aromatic carbocycles. The van der Waals surface area contributed by atoms with E-state index >= 15 is 0 Å². The molecule has 5 nitrogen and oxygen atoms in total. The monoisotopic (exact) mass is 380 g/mol.